The molecular weight excluding hydrogens is 349 g/mol. The molecule has 2 aromatic carbocycles. The molecule has 0 fully saturated rings. The van der Waals surface area contributed by atoms with E-state index in [-0.39, 0.29) is 11.7 Å². The molecule has 0 radical (unpaired) electrons. The predicted molar refractivity (Wildman–Crippen MR) is 104 cm³/mol. The van der Waals surface area contributed by atoms with Crippen LogP contribution >= 0.6 is 0 Å². The Morgan fingerprint density at radius 2 is 1.78 bits per heavy atom. The number of anilines is 2. The second-order valence-electron chi connectivity index (χ2n) is 5.84. The van der Waals surface area contributed by atoms with E-state index in [1.165, 1.54) is 6.92 Å². The van der Waals surface area contributed by atoms with Crippen LogP contribution in [-0.2, 0) is 4.79 Å². The van der Waals surface area contributed by atoms with Crippen molar-refractivity contribution in [2.45, 2.75) is 19.9 Å². The summed E-state index contributed by atoms with van der Waals surface area (Å²) < 4.78 is 13.4. The molecule has 2 rings (SSSR count). The van der Waals surface area contributed by atoms with E-state index in [0.29, 0.717) is 16.9 Å². The molecule has 0 aliphatic heterocycles. The topological polar surface area (TPSA) is 99.8 Å². The number of amides is 2. The van der Waals surface area contributed by atoms with Crippen LogP contribution in [0, 0.1) is 0 Å². The van der Waals surface area contributed by atoms with Crippen LogP contribution in [0.2, 0.25) is 0 Å². The molecule has 0 saturated carbocycles. The number of nitrogens with one attached hydrogen (secondary N) is 2. The van der Waals surface area contributed by atoms with Gasteiger partial charge in [-0.3, -0.25) is 9.59 Å². The molecule has 2 aromatic rings. The fourth-order valence-electron chi connectivity index (χ4n) is 2.21. The van der Waals surface area contributed by atoms with Crippen LogP contribution in [0.15, 0.2) is 59.7 Å². The monoisotopic (exact) mass is 371 g/mol. The largest absolute Gasteiger partial charge is 0.326 e. The van der Waals surface area contributed by atoms with Crippen molar-refractivity contribution in [2.24, 2.45) is 10.8 Å². The third-order valence-electron chi connectivity index (χ3n) is 3.54. The standard InChI is InChI=1S/C19H22FN5O2/c1-13(21)18(24-25(12-20)17-6-4-3-5-7-17)23-19(27)15-8-10-16(11-9-15)22-14(2)26/h3-11,13H,12,21H2,1-2H3,(H,22,26)(H,23,24,27). The smallest absolute Gasteiger partial charge is 0.256 e. The zero-order valence-corrected chi connectivity index (χ0v) is 15.1. The highest BCUT2D eigenvalue weighted by Crippen LogP contribution is 2.14. The van der Waals surface area contributed by atoms with Crippen LogP contribution in [-0.4, -0.2) is 30.5 Å². The van der Waals surface area contributed by atoms with Gasteiger partial charge in [0.1, 0.15) is 5.84 Å². The average molecular weight is 371 g/mol. The van der Waals surface area contributed by atoms with Gasteiger partial charge in [0.2, 0.25) is 5.91 Å². The fraction of sp³-hybridized carbons (Fsp3) is 0.211. The summed E-state index contributed by atoms with van der Waals surface area (Å²) in [7, 11) is 0. The number of para-hydroxylation sites is 1. The number of alkyl halides is 1. The summed E-state index contributed by atoms with van der Waals surface area (Å²) in [6, 6.07) is 14.4. The Morgan fingerprint density at radius 3 is 2.30 bits per heavy atom. The molecule has 0 heterocycles. The Labute approximate surface area is 157 Å². The van der Waals surface area contributed by atoms with Gasteiger partial charge in [-0.05, 0) is 43.3 Å². The molecule has 0 aromatic heterocycles. The summed E-state index contributed by atoms with van der Waals surface area (Å²) >= 11 is 0. The van der Waals surface area contributed by atoms with Gasteiger partial charge in [-0.25, -0.2) is 9.40 Å². The summed E-state index contributed by atoms with van der Waals surface area (Å²) in [4.78, 5) is 23.5. The molecule has 27 heavy (non-hydrogen) atoms. The molecule has 142 valence electrons. The number of nitrogens with two attached hydrogens (primary N) is 1. The van der Waals surface area contributed by atoms with E-state index in [1.807, 2.05) is 6.07 Å². The van der Waals surface area contributed by atoms with E-state index in [9.17, 15) is 14.0 Å². The normalized spacial score (nSPS) is 12.2. The van der Waals surface area contributed by atoms with E-state index in [1.54, 1.807) is 55.5 Å². The first-order valence-corrected chi connectivity index (χ1v) is 8.32. The second kappa shape index (κ2) is 9.44. The van der Waals surface area contributed by atoms with E-state index in [4.69, 9.17) is 5.73 Å². The van der Waals surface area contributed by atoms with E-state index in [2.05, 4.69) is 15.7 Å². The first-order valence-electron chi connectivity index (χ1n) is 8.32. The molecule has 7 nitrogen and oxygen atoms in total. The third-order valence-corrected chi connectivity index (χ3v) is 3.54. The highest BCUT2D eigenvalue weighted by molar-refractivity contribution is 6.08. The van der Waals surface area contributed by atoms with Crippen LogP contribution in [0.25, 0.3) is 0 Å². The zero-order valence-electron chi connectivity index (χ0n) is 15.1. The van der Waals surface area contributed by atoms with Crippen molar-refractivity contribution in [1.82, 2.24) is 5.32 Å². The van der Waals surface area contributed by atoms with E-state index < -0.39 is 18.7 Å². The Hall–Kier alpha value is -3.26. The predicted octanol–water partition coefficient (Wildman–Crippen LogP) is 2.47. The summed E-state index contributed by atoms with van der Waals surface area (Å²) in [6.45, 7) is 2.16. The number of carbonyl (C=O) groups is 2. The summed E-state index contributed by atoms with van der Waals surface area (Å²) in [6.07, 6.45) is 0. The third kappa shape index (κ3) is 5.89. The van der Waals surface area contributed by atoms with E-state index >= 15 is 0 Å². The number of rotatable bonds is 6. The van der Waals surface area contributed by atoms with Crippen molar-refractivity contribution < 1.29 is 14.0 Å². The van der Waals surface area contributed by atoms with E-state index in [0.717, 1.165) is 5.01 Å². The van der Waals surface area contributed by atoms with Gasteiger partial charge in [0.05, 0.1) is 11.7 Å². The number of benzene rings is 2. The minimum Gasteiger partial charge on any atom is -0.326 e. The second-order valence-corrected chi connectivity index (χ2v) is 5.84. The van der Waals surface area contributed by atoms with Crippen molar-refractivity contribution in [1.29, 1.82) is 0 Å². The zero-order chi connectivity index (χ0) is 19.8. The Morgan fingerprint density at radius 1 is 1.15 bits per heavy atom. The molecule has 0 aliphatic rings. The Balaban J connectivity index is 2.17. The van der Waals surface area contributed by atoms with Crippen LogP contribution < -0.4 is 21.4 Å². The van der Waals surface area contributed by atoms with Crippen molar-refractivity contribution in [3.05, 3.63) is 60.2 Å². The lowest BCUT2D eigenvalue weighted by Gasteiger charge is -2.19. The molecule has 0 bridgehead atoms. The summed E-state index contributed by atoms with van der Waals surface area (Å²) in [5, 5.41) is 10.5. The van der Waals surface area contributed by atoms with Gasteiger partial charge in [0.15, 0.2) is 6.80 Å². The number of halogens is 1. The quantitative estimate of drug-likeness (QED) is 0.314. The molecule has 1 atom stereocenters. The molecule has 0 aliphatic carbocycles. The highest BCUT2D eigenvalue weighted by atomic mass is 19.1. The summed E-state index contributed by atoms with van der Waals surface area (Å²) in [5.74, 6) is -0.509. The first-order chi connectivity index (χ1) is 12.9. The number of carbonyl (C=O) groups excluding carboxylic acids is 2. The number of hydrazone groups is 1. The minimum atomic E-state index is -0.873. The van der Waals surface area contributed by atoms with Crippen LogP contribution in [0.3, 0.4) is 0 Å². The molecule has 4 N–H and O–H groups in total. The molecule has 2 amide bonds. The van der Waals surface area contributed by atoms with Gasteiger partial charge in [0, 0.05) is 18.2 Å². The number of hydrogen-bond donors (Lipinski definition) is 3. The van der Waals surface area contributed by atoms with Gasteiger partial charge >= 0.3 is 0 Å². The Bertz CT molecular complexity index is 807. The number of hydrogen-bond acceptors (Lipinski definition) is 5. The molecular formula is C19H22FN5O2. The maximum absolute atomic E-state index is 13.4. The molecule has 0 spiro atoms. The minimum absolute atomic E-state index is 0.132. The van der Waals surface area contributed by atoms with Crippen molar-refractivity contribution in [3.8, 4) is 0 Å². The van der Waals surface area contributed by atoms with Crippen LogP contribution in [0.4, 0.5) is 15.8 Å². The highest BCUT2D eigenvalue weighted by Gasteiger charge is 2.15. The lowest BCUT2D eigenvalue weighted by molar-refractivity contribution is -0.114. The van der Waals surface area contributed by atoms with Gasteiger partial charge in [-0.1, -0.05) is 18.2 Å². The van der Waals surface area contributed by atoms with Crippen molar-refractivity contribution >= 4 is 29.0 Å². The number of nitrogens with zero attached hydrogens (tertiary/aromatic N) is 2. The SMILES string of the molecule is CC(=O)Nc1ccc(C(=O)N/C(=N/N(CF)c2ccccc2)C(C)N)cc1. The van der Waals surface area contributed by atoms with Gasteiger partial charge < -0.3 is 16.4 Å². The van der Waals surface area contributed by atoms with Crippen molar-refractivity contribution in [3.63, 3.8) is 0 Å². The Kier molecular flexibility index (Phi) is 7.01. The maximum Gasteiger partial charge on any atom is 0.256 e. The van der Waals surface area contributed by atoms with Gasteiger partial charge in [-0.2, -0.15) is 5.10 Å². The number of amidine groups is 1. The first kappa shape index (κ1) is 20.1. The fourth-order valence-corrected chi connectivity index (χ4v) is 2.21. The molecule has 0 saturated heterocycles. The molecule has 1 unspecified atom stereocenters. The summed E-state index contributed by atoms with van der Waals surface area (Å²) in [5.41, 5.74) is 7.34. The van der Waals surface area contributed by atoms with Crippen molar-refractivity contribution in [2.75, 3.05) is 17.1 Å². The van der Waals surface area contributed by atoms with Gasteiger partial charge in [0.25, 0.3) is 5.91 Å². The maximum atomic E-state index is 13.4. The molecule has 8 heteroatoms. The van der Waals surface area contributed by atoms with Crippen LogP contribution in [0.5, 0.6) is 0 Å². The average Bonchev–Trinajstić information content (AvgIpc) is 2.65. The lowest BCUT2D eigenvalue weighted by Crippen LogP contribution is -2.43. The van der Waals surface area contributed by atoms with Crippen LogP contribution in [0.1, 0.15) is 24.2 Å². The lowest BCUT2D eigenvalue weighted by atomic mass is 10.2. The van der Waals surface area contributed by atoms with Gasteiger partial charge in [-0.15, -0.1) is 0 Å².